The van der Waals surface area contributed by atoms with Gasteiger partial charge >= 0.3 is 0 Å². The molecule has 1 N–H and O–H groups in total. The van der Waals surface area contributed by atoms with E-state index >= 15 is 0 Å². The number of ether oxygens (including phenoxy) is 2. The van der Waals surface area contributed by atoms with E-state index in [1.54, 1.807) is 54.6 Å². The van der Waals surface area contributed by atoms with Crippen LogP contribution < -0.4 is 19.1 Å². The summed E-state index contributed by atoms with van der Waals surface area (Å²) in [6, 6.07) is 28.1. The number of nitrogens with one attached hydrogen (secondary N) is 1. The SMILES string of the molecule is CC(C)(C)NC(=O)C(Cc1ccccc1)N(Cc1cccc(Cl)c1)C(=O)CN(c1ccc2c(c1)OCCO2)S(=O)(=O)c1ccccc1. The molecule has 4 aromatic rings. The number of fused-ring (bicyclic) bond motifs is 1. The van der Waals surface area contributed by atoms with Gasteiger partial charge in [0.05, 0.1) is 10.6 Å². The summed E-state index contributed by atoms with van der Waals surface area (Å²) in [7, 11) is -4.25. The lowest BCUT2D eigenvalue weighted by molar-refractivity contribution is -0.140. The fourth-order valence-corrected chi connectivity index (χ4v) is 6.91. The van der Waals surface area contributed by atoms with Gasteiger partial charge in [-0.3, -0.25) is 13.9 Å². The van der Waals surface area contributed by atoms with Crippen molar-refractivity contribution < 1.29 is 27.5 Å². The number of benzene rings is 4. The first-order valence-corrected chi connectivity index (χ1v) is 17.1. The number of carbonyl (C=O) groups is 2. The fourth-order valence-electron chi connectivity index (χ4n) is 5.27. The van der Waals surface area contributed by atoms with Crippen LogP contribution in [0, 0.1) is 0 Å². The fraction of sp³-hybridized carbons (Fsp3) is 0.278. The number of rotatable bonds is 11. The Morgan fingerprint density at radius 3 is 2.13 bits per heavy atom. The lowest BCUT2D eigenvalue weighted by Crippen LogP contribution is -2.56. The van der Waals surface area contributed by atoms with Crippen molar-refractivity contribution >= 4 is 39.1 Å². The van der Waals surface area contributed by atoms with Gasteiger partial charge in [0.15, 0.2) is 11.5 Å². The molecular formula is C36H38ClN3O6S. The molecule has 246 valence electrons. The lowest BCUT2D eigenvalue weighted by Gasteiger charge is -2.35. The Balaban J connectivity index is 1.60. The van der Waals surface area contributed by atoms with Crippen molar-refractivity contribution in [2.45, 2.75) is 50.2 Å². The second-order valence-corrected chi connectivity index (χ2v) is 14.5. The van der Waals surface area contributed by atoms with E-state index in [-0.39, 0.29) is 29.5 Å². The third-order valence-corrected chi connectivity index (χ3v) is 9.46. The molecule has 1 atom stereocenters. The summed E-state index contributed by atoms with van der Waals surface area (Å²) >= 11 is 6.32. The summed E-state index contributed by atoms with van der Waals surface area (Å²) in [5, 5.41) is 3.50. The summed E-state index contributed by atoms with van der Waals surface area (Å²) in [6.07, 6.45) is 0.199. The molecule has 5 rings (SSSR count). The molecule has 9 nitrogen and oxygen atoms in total. The highest BCUT2D eigenvalue weighted by Gasteiger charge is 2.36. The van der Waals surface area contributed by atoms with Crippen molar-refractivity contribution in [2.24, 2.45) is 0 Å². The van der Waals surface area contributed by atoms with E-state index in [1.165, 1.54) is 17.0 Å². The van der Waals surface area contributed by atoms with Gasteiger partial charge in [-0.2, -0.15) is 0 Å². The first-order valence-electron chi connectivity index (χ1n) is 15.3. The first kappa shape index (κ1) is 33.8. The predicted molar refractivity (Wildman–Crippen MR) is 182 cm³/mol. The molecule has 1 unspecified atom stereocenters. The zero-order valence-electron chi connectivity index (χ0n) is 26.6. The van der Waals surface area contributed by atoms with E-state index in [4.69, 9.17) is 21.1 Å². The predicted octanol–water partition coefficient (Wildman–Crippen LogP) is 5.86. The molecule has 11 heteroatoms. The summed E-state index contributed by atoms with van der Waals surface area (Å²) in [6.45, 7) is 5.68. The van der Waals surface area contributed by atoms with Crippen molar-refractivity contribution in [3.8, 4) is 11.5 Å². The molecule has 0 spiro atoms. The van der Waals surface area contributed by atoms with Gasteiger partial charge in [0.25, 0.3) is 10.0 Å². The molecule has 47 heavy (non-hydrogen) atoms. The van der Waals surface area contributed by atoms with Crippen LogP contribution in [0.4, 0.5) is 5.69 Å². The van der Waals surface area contributed by atoms with Gasteiger partial charge < -0.3 is 19.7 Å². The Kier molecular flexibility index (Phi) is 10.4. The smallest absolute Gasteiger partial charge is 0.264 e. The summed E-state index contributed by atoms with van der Waals surface area (Å²) in [4.78, 5) is 30.1. The van der Waals surface area contributed by atoms with E-state index in [2.05, 4.69) is 5.32 Å². The molecular weight excluding hydrogens is 638 g/mol. The Hall–Kier alpha value is -4.54. The van der Waals surface area contributed by atoms with Crippen molar-refractivity contribution in [2.75, 3.05) is 24.1 Å². The quantitative estimate of drug-likeness (QED) is 0.214. The molecule has 0 aromatic heterocycles. The van der Waals surface area contributed by atoms with Crippen LogP contribution in [0.15, 0.2) is 108 Å². The standard InChI is InChI=1S/C36H38ClN3O6S/c1-36(2,3)38-35(42)31(22-26-11-6-4-7-12-26)39(24-27-13-10-14-28(37)21-27)34(41)25-40(47(43,44)30-15-8-5-9-16-30)29-17-18-32-33(23-29)46-20-19-45-32/h4-18,21,23,31H,19-20,22,24-25H2,1-3H3,(H,38,42). The average Bonchev–Trinajstić information content (AvgIpc) is 3.05. The van der Waals surface area contributed by atoms with Gasteiger partial charge in [-0.05, 0) is 68.3 Å². The van der Waals surface area contributed by atoms with Gasteiger partial charge in [0.2, 0.25) is 11.8 Å². The second kappa shape index (κ2) is 14.5. The molecule has 0 saturated heterocycles. The topological polar surface area (TPSA) is 105 Å². The first-order chi connectivity index (χ1) is 22.4. The van der Waals surface area contributed by atoms with Gasteiger partial charge in [-0.25, -0.2) is 8.42 Å². The van der Waals surface area contributed by atoms with Crippen LogP contribution in [-0.4, -0.2) is 56.5 Å². The lowest BCUT2D eigenvalue weighted by atomic mass is 10.0. The molecule has 4 aromatic carbocycles. The Morgan fingerprint density at radius 2 is 1.47 bits per heavy atom. The summed E-state index contributed by atoms with van der Waals surface area (Å²) in [5.74, 6) is -0.0950. The number of hydrogen-bond donors (Lipinski definition) is 1. The number of carbonyl (C=O) groups excluding carboxylic acids is 2. The highest BCUT2D eigenvalue weighted by atomic mass is 35.5. The maximum absolute atomic E-state index is 14.6. The second-order valence-electron chi connectivity index (χ2n) is 12.2. The van der Waals surface area contributed by atoms with Crippen molar-refractivity contribution in [1.29, 1.82) is 0 Å². The highest BCUT2D eigenvalue weighted by molar-refractivity contribution is 7.92. The minimum atomic E-state index is -4.25. The molecule has 2 amide bonds. The van der Waals surface area contributed by atoms with E-state index in [9.17, 15) is 18.0 Å². The molecule has 0 saturated carbocycles. The molecule has 1 aliphatic rings. The maximum Gasteiger partial charge on any atom is 0.264 e. The van der Waals surface area contributed by atoms with E-state index in [1.807, 2.05) is 57.2 Å². The number of hydrogen-bond acceptors (Lipinski definition) is 6. The van der Waals surface area contributed by atoms with Gasteiger partial charge in [0.1, 0.15) is 25.8 Å². The van der Waals surface area contributed by atoms with Crippen LogP contribution in [0.2, 0.25) is 5.02 Å². The third-order valence-electron chi connectivity index (χ3n) is 7.44. The zero-order chi connectivity index (χ0) is 33.6. The monoisotopic (exact) mass is 675 g/mol. The highest BCUT2D eigenvalue weighted by Crippen LogP contribution is 2.36. The molecule has 0 bridgehead atoms. The Morgan fingerprint density at radius 1 is 0.830 bits per heavy atom. The normalized spacial score (nSPS) is 13.4. The van der Waals surface area contributed by atoms with E-state index in [0.29, 0.717) is 35.3 Å². The van der Waals surface area contributed by atoms with Crippen molar-refractivity contribution in [3.05, 3.63) is 119 Å². The molecule has 1 aliphatic heterocycles. The van der Waals surface area contributed by atoms with Crippen LogP contribution in [0.3, 0.4) is 0 Å². The minimum Gasteiger partial charge on any atom is -0.486 e. The summed E-state index contributed by atoms with van der Waals surface area (Å²) < 4.78 is 40.9. The maximum atomic E-state index is 14.6. The van der Waals surface area contributed by atoms with E-state index in [0.717, 1.165) is 9.87 Å². The molecule has 0 aliphatic carbocycles. The number of sulfonamides is 1. The molecule has 0 fully saturated rings. The van der Waals surface area contributed by atoms with Crippen LogP contribution in [-0.2, 0) is 32.6 Å². The number of anilines is 1. The molecule has 0 radical (unpaired) electrons. The van der Waals surface area contributed by atoms with Crippen LogP contribution >= 0.6 is 11.6 Å². The van der Waals surface area contributed by atoms with Crippen molar-refractivity contribution in [3.63, 3.8) is 0 Å². The zero-order valence-corrected chi connectivity index (χ0v) is 28.1. The van der Waals surface area contributed by atoms with Gasteiger partial charge in [0, 0.05) is 29.6 Å². The van der Waals surface area contributed by atoms with Crippen LogP contribution in [0.25, 0.3) is 0 Å². The summed E-state index contributed by atoms with van der Waals surface area (Å²) in [5.41, 5.74) is 1.15. The van der Waals surface area contributed by atoms with Crippen LogP contribution in [0.1, 0.15) is 31.9 Å². The number of amides is 2. The Bertz CT molecular complexity index is 1810. The largest absolute Gasteiger partial charge is 0.486 e. The van der Waals surface area contributed by atoms with Gasteiger partial charge in [-0.15, -0.1) is 0 Å². The molecule has 1 heterocycles. The third kappa shape index (κ3) is 8.64. The number of nitrogens with zero attached hydrogens (tertiary/aromatic N) is 2. The van der Waals surface area contributed by atoms with Crippen molar-refractivity contribution in [1.82, 2.24) is 10.2 Å². The average molecular weight is 676 g/mol. The van der Waals surface area contributed by atoms with Gasteiger partial charge in [-0.1, -0.05) is 72.3 Å². The Labute approximate surface area is 281 Å². The minimum absolute atomic E-state index is 0.00875. The van der Waals surface area contributed by atoms with Crippen LogP contribution in [0.5, 0.6) is 11.5 Å². The van der Waals surface area contributed by atoms with E-state index < -0.39 is 34.1 Å². The number of halogens is 1.